The Labute approximate surface area is 162 Å². The molecule has 1 fully saturated rings. The van der Waals surface area contributed by atoms with E-state index >= 15 is 0 Å². The zero-order chi connectivity index (χ0) is 19.8. The molecule has 1 aromatic rings. The fourth-order valence-corrected chi connectivity index (χ4v) is 4.58. The van der Waals surface area contributed by atoms with Gasteiger partial charge in [-0.1, -0.05) is 6.92 Å². The minimum atomic E-state index is -0.768. The normalized spacial score (nSPS) is 28.3. The largest absolute Gasteiger partial charge is 0.347 e. The molecule has 0 aromatic carbocycles. The van der Waals surface area contributed by atoms with Crippen molar-refractivity contribution in [2.45, 2.75) is 96.7 Å². The van der Waals surface area contributed by atoms with Crippen LogP contribution in [0.4, 0.5) is 0 Å². The Morgan fingerprint density at radius 3 is 2.48 bits per heavy atom. The summed E-state index contributed by atoms with van der Waals surface area (Å²) in [4.78, 5) is 25.1. The first-order valence-corrected chi connectivity index (χ1v) is 10.3. The van der Waals surface area contributed by atoms with Crippen molar-refractivity contribution in [3.63, 3.8) is 0 Å². The van der Waals surface area contributed by atoms with Gasteiger partial charge in [0.2, 0.25) is 11.8 Å². The van der Waals surface area contributed by atoms with Crippen molar-refractivity contribution in [3.05, 3.63) is 17.5 Å². The third kappa shape index (κ3) is 4.04. The summed E-state index contributed by atoms with van der Waals surface area (Å²) in [7, 11) is 0. The van der Waals surface area contributed by atoms with E-state index in [0.29, 0.717) is 18.8 Å². The predicted molar refractivity (Wildman–Crippen MR) is 105 cm³/mol. The standard InChI is InChI=1S/C21H34N4O2/c1-14-9-11-21(12-10-14,24-15(2)26)19(27)23-17-7-6-8-18-16(17)13-22-25(18)20(3,4)5/h13-14,17H,6-12H2,1-5H3,(H,23,27)(H,24,26)/t14?,17-,21?/m0/s1. The van der Waals surface area contributed by atoms with Gasteiger partial charge in [-0.05, 0) is 71.6 Å². The van der Waals surface area contributed by atoms with Crippen LogP contribution in [0.1, 0.15) is 90.4 Å². The first-order chi connectivity index (χ1) is 12.6. The summed E-state index contributed by atoms with van der Waals surface area (Å²) in [6.45, 7) is 10.2. The molecule has 2 amide bonds. The second-order valence-corrected chi connectivity index (χ2v) is 9.49. The zero-order valence-corrected chi connectivity index (χ0v) is 17.4. The van der Waals surface area contributed by atoms with E-state index in [1.807, 2.05) is 6.20 Å². The van der Waals surface area contributed by atoms with Crippen LogP contribution in [0.25, 0.3) is 0 Å². The highest BCUT2D eigenvalue weighted by Gasteiger charge is 2.43. The molecule has 2 N–H and O–H groups in total. The summed E-state index contributed by atoms with van der Waals surface area (Å²) in [5.74, 6) is 0.432. The molecule has 0 unspecified atom stereocenters. The third-order valence-corrected chi connectivity index (χ3v) is 6.10. The van der Waals surface area contributed by atoms with Crippen molar-refractivity contribution in [1.29, 1.82) is 0 Å². The SMILES string of the molecule is CC(=O)NC1(C(=O)N[C@H]2CCCc3c2cnn3C(C)(C)C)CCC(C)CC1. The lowest BCUT2D eigenvalue weighted by molar-refractivity contribution is -0.135. The van der Waals surface area contributed by atoms with Gasteiger partial charge in [0.25, 0.3) is 0 Å². The molecule has 0 spiro atoms. The van der Waals surface area contributed by atoms with Gasteiger partial charge in [-0.15, -0.1) is 0 Å². The number of aromatic nitrogens is 2. The van der Waals surface area contributed by atoms with Crippen molar-refractivity contribution in [2.24, 2.45) is 5.92 Å². The Hall–Kier alpha value is -1.85. The molecule has 150 valence electrons. The summed E-state index contributed by atoms with van der Waals surface area (Å²) in [6, 6.07) is -0.0256. The van der Waals surface area contributed by atoms with Crippen LogP contribution in [0.2, 0.25) is 0 Å². The Morgan fingerprint density at radius 2 is 1.89 bits per heavy atom. The summed E-state index contributed by atoms with van der Waals surface area (Å²) in [6.07, 6.45) is 8.20. The lowest BCUT2D eigenvalue weighted by Gasteiger charge is -2.40. The van der Waals surface area contributed by atoms with E-state index in [2.05, 4.69) is 48.1 Å². The van der Waals surface area contributed by atoms with Crippen LogP contribution in [0.5, 0.6) is 0 Å². The maximum absolute atomic E-state index is 13.3. The van der Waals surface area contributed by atoms with Crippen LogP contribution in [0.15, 0.2) is 6.20 Å². The lowest BCUT2D eigenvalue weighted by Crippen LogP contribution is -2.60. The van der Waals surface area contributed by atoms with Crippen LogP contribution in [-0.2, 0) is 21.5 Å². The van der Waals surface area contributed by atoms with Gasteiger partial charge >= 0.3 is 0 Å². The second-order valence-electron chi connectivity index (χ2n) is 9.49. The van der Waals surface area contributed by atoms with E-state index in [9.17, 15) is 9.59 Å². The van der Waals surface area contributed by atoms with E-state index < -0.39 is 5.54 Å². The molecule has 0 saturated heterocycles. The van der Waals surface area contributed by atoms with E-state index in [1.54, 1.807) is 0 Å². The van der Waals surface area contributed by atoms with Gasteiger partial charge in [0, 0.05) is 18.2 Å². The number of rotatable bonds is 3. The number of nitrogens with zero attached hydrogens (tertiary/aromatic N) is 2. The van der Waals surface area contributed by atoms with Gasteiger partial charge in [0.05, 0.1) is 17.8 Å². The first-order valence-electron chi connectivity index (χ1n) is 10.3. The Balaban J connectivity index is 1.82. The van der Waals surface area contributed by atoms with E-state index in [0.717, 1.165) is 37.7 Å². The molecule has 2 aliphatic carbocycles. The molecule has 1 heterocycles. The fourth-order valence-electron chi connectivity index (χ4n) is 4.58. The molecule has 1 saturated carbocycles. The van der Waals surface area contributed by atoms with Gasteiger partial charge in [0.1, 0.15) is 5.54 Å². The molecular formula is C21H34N4O2. The van der Waals surface area contributed by atoms with Gasteiger partial charge < -0.3 is 10.6 Å². The van der Waals surface area contributed by atoms with Crippen molar-refractivity contribution >= 4 is 11.8 Å². The highest BCUT2D eigenvalue weighted by atomic mass is 16.2. The Kier molecular flexibility index (Phi) is 5.37. The quantitative estimate of drug-likeness (QED) is 0.853. The number of fused-ring (bicyclic) bond motifs is 1. The third-order valence-electron chi connectivity index (χ3n) is 6.10. The highest BCUT2D eigenvalue weighted by Crippen LogP contribution is 2.35. The molecule has 0 radical (unpaired) electrons. The summed E-state index contributed by atoms with van der Waals surface area (Å²) >= 11 is 0. The van der Waals surface area contributed by atoms with E-state index in [4.69, 9.17) is 0 Å². The maximum atomic E-state index is 13.3. The Morgan fingerprint density at radius 1 is 1.22 bits per heavy atom. The number of amides is 2. The molecule has 1 aromatic heterocycles. The zero-order valence-electron chi connectivity index (χ0n) is 17.4. The average molecular weight is 375 g/mol. The van der Waals surface area contributed by atoms with E-state index in [-0.39, 0.29) is 23.4 Å². The molecular weight excluding hydrogens is 340 g/mol. The van der Waals surface area contributed by atoms with Gasteiger partial charge in [-0.25, -0.2) is 0 Å². The predicted octanol–water partition coefficient (Wildman–Crippen LogP) is 3.22. The number of carbonyl (C=O) groups excluding carboxylic acids is 2. The van der Waals surface area contributed by atoms with E-state index in [1.165, 1.54) is 12.6 Å². The number of hydrogen-bond donors (Lipinski definition) is 2. The second kappa shape index (κ2) is 7.28. The first kappa shape index (κ1) is 19.9. The summed E-state index contributed by atoms with van der Waals surface area (Å²) < 4.78 is 2.09. The van der Waals surface area contributed by atoms with Gasteiger partial charge in [-0.2, -0.15) is 5.10 Å². The molecule has 1 atom stereocenters. The molecule has 2 aliphatic rings. The van der Waals surface area contributed by atoms with Crippen molar-refractivity contribution < 1.29 is 9.59 Å². The highest BCUT2D eigenvalue weighted by molar-refractivity contribution is 5.91. The minimum absolute atomic E-state index is 0.0256. The molecule has 0 bridgehead atoms. The van der Waals surface area contributed by atoms with Crippen LogP contribution in [0.3, 0.4) is 0 Å². The molecule has 6 heteroatoms. The van der Waals surface area contributed by atoms with Crippen LogP contribution < -0.4 is 10.6 Å². The van der Waals surface area contributed by atoms with Gasteiger partial charge in [0.15, 0.2) is 0 Å². The van der Waals surface area contributed by atoms with Gasteiger partial charge in [-0.3, -0.25) is 14.3 Å². The maximum Gasteiger partial charge on any atom is 0.246 e. The lowest BCUT2D eigenvalue weighted by atomic mass is 9.76. The minimum Gasteiger partial charge on any atom is -0.347 e. The molecule has 3 rings (SSSR count). The van der Waals surface area contributed by atoms with Crippen LogP contribution in [0, 0.1) is 5.92 Å². The average Bonchev–Trinajstić information content (AvgIpc) is 3.02. The fraction of sp³-hybridized carbons (Fsp3) is 0.762. The van der Waals surface area contributed by atoms with Crippen molar-refractivity contribution in [1.82, 2.24) is 20.4 Å². The smallest absolute Gasteiger partial charge is 0.246 e. The number of hydrogen-bond acceptors (Lipinski definition) is 3. The Bertz CT molecular complexity index is 708. The number of nitrogens with one attached hydrogen (secondary N) is 2. The molecule has 6 nitrogen and oxygen atoms in total. The molecule has 0 aliphatic heterocycles. The molecule has 27 heavy (non-hydrogen) atoms. The number of carbonyl (C=O) groups is 2. The monoisotopic (exact) mass is 374 g/mol. The van der Waals surface area contributed by atoms with Crippen molar-refractivity contribution in [2.75, 3.05) is 0 Å². The van der Waals surface area contributed by atoms with Crippen LogP contribution >= 0.6 is 0 Å². The van der Waals surface area contributed by atoms with Crippen LogP contribution in [-0.4, -0.2) is 27.1 Å². The van der Waals surface area contributed by atoms with Crippen molar-refractivity contribution in [3.8, 4) is 0 Å². The summed E-state index contributed by atoms with van der Waals surface area (Å²) in [5.41, 5.74) is 1.52. The summed E-state index contributed by atoms with van der Waals surface area (Å²) in [5, 5.41) is 10.9. The topological polar surface area (TPSA) is 76.0 Å².